The van der Waals surface area contributed by atoms with Gasteiger partial charge in [0.2, 0.25) is 11.8 Å². The van der Waals surface area contributed by atoms with Gasteiger partial charge in [0.15, 0.2) is 5.43 Å². The molecule has 3 heterocycles. The van der Waals surface area contributed by atoms with E-state index in [-0.39, 0.29) is 29.7 Å². The number of nitrogens with one attached hydrogen (secondary N) is 2. The molecule has 4 rings (SSSR count). The first-order chi connectivity index (χ1) is 10.6. The number of piperidine rings is 1. The van der Waals surface area contributed by atoms with Crippen LogP contribution in [0, 0.1) is 0 Å². The maximum atomic E-state index is 12.7. The highest BCUT2D eigenvalue weighted by molar-refractivity contribution is 6.09. The Morgan fingerprint density at radius 3 is 2.59 bits per heavy atom. The van der Waals surface area contributed by atoms with Crippen LogP contribution < -0.4 is 16.3 Å². The van der Waals surface area contributed by atoms with Crippen molar-refractivity contribution in [3.05, 3.63) is 45.1 Å². The zero-order valence-electron chi connectivity index (χ0n) is 11.4. The highest BCUT2D eigenvalue weighted by Gasteiger charge is 2.31. The number of carbonyl (C=O) groups excluding carboxylic acids is 2. The third kappa shape index (κ3) is 1.56. The van der Waals surface area contributed by atoms with E-state index in [9.17, 15) is 19.2 Å². The lowest BCUT2D eigenvalue weighted by molar-refractivity contribution is -0.135. The Balaban J connectivity index is 2.07. The molecule has 1 aliphatic rings. The summed E-state index contributed by atoms with van der Waals surface area (Å²) in [5.41, 5.74) is 0.0184. The van der Waals surface area contributed by atoms with Gasteiger partial charge in [-0.2, -0.15) is 0 Å². The van der Waals surface area contributed by atoms with Gasteiger partial charge in [-0.25, -0.2) is 0 Å². The number of aromatic amines is 1. The first-order valence-corrected chi connectivity index (χ1v) is 6.89. The number of imide groups is 1. The van der Waals surface area contributed by atoms with Crippen LogP contribution in [0.1, 0.15) is 18.9 Å². The molecule has 3 aromatic rings. The van der Waals surface area contributed by atoms with Gasteiger partial charge in [-0.05, 0) is 18.6 Å². The molecule has 2 amide bonds. The van der Waals surface area contributed by atoms with Crippen molar-refractivity contribution in [2.24, 2.45) is 0 Å². The van der Waals surface area contributed by atoms with E-state index in [4.69, 9.17) is 0 Å². The summed E-state index contributed by atoms with van der Waals surface area (Å²) in [6.07, 6.45) is 3.53. The molecule has 110 valence electrons. The number of hydrogen-bond donors (Lipinski definition) is 2. The normalized spacial score (nSPS) is 19.0. The standard InChI is InChI=1S/C15H11N3O4/c19-11-3-1-9-13-7(11)5-16-6-8(13)15(22)18(9)10-2-4-12(20)17-14(10)21/h1,3,5-6,10,16H,2,4H2,(H,17,20,21). The lowest BCUT2D eigenvalue weighted by Crippen LogP contribution is -2.43. The van der Waals surface area contributed by atoms with E-state index < -0.39 is 11.9 Å². The molecule has 0 saturated carbocycles. The number of nitrogens with zero attached hydrogens (tertiary/aromatic N) is 1. The molecule has 1 aliphatic heterocycles. The number of rotatable bonds is 1. The fourth-order valence-electron chi connectivity index (χ4n) is 3.14. The van der Waals surface area contributed by atoms with Crippen molar-refractivity contribution >= 4 is 33.5 Å². The average molecular weight is 297 g/mol. The van der Waals surface area contributed by atoms with Crippen molar-refractivity contribution in [2.75, 3.05) is 0 Å². The third-order valence-corrected chi connectivity index (χ3v) is 4.14. The van der Waals surface area contributed by atoms with E-state index in [0.29, 0.717) is 21.7 Å². The second-order valence-electron chi connectivity index (χ2n) is 5.38. The van der Waals surface area contributed by atoms with Crippen molar-refractivity contribution in [1.29, 1.82) is 0 Å². The van der Waals surface area contributed by atoms with Crippen molar-refractivity contribution in [3.8, 4) is 0 Å². The van der Waals surface area contributed by atoms with Gasteiger partial charge >= 0.3 is 0 Å². The Morgan fingerprint density at radius 1 is 1.05 bits per heavy atom. The molecule has 0 spiro atoms. The van der Waals surface area contributed by atoms with Crippen LogP contribution in [0.4, 0.5) is 0 Å². The lowest BCUT2D eigenvalue weighted by Gasteiger charge is -2.22. The van der Waals surface area contributed by atoms with Crippen LogP contribution in [0.15, 0.2) is 34.1 Å². The van der Waals surface area contributed by atoms with Crippen molar-refractivity contribution < 1.29 is 9.59 Å². The smallest absolute Gasteiger partial charge is 0.261 e. The molecule has 0 aliphatic carbocycles. The molecule has 22 heavy (non-hydrogen) atoms. The average Bonchev–Trinajstić information content (AvgIpc) is 2.78. The monoisotopic (exact) mass is 297 g/mol. The van der Waals surface area contributed by atoms with E-state index in [1.165, 1.54) is 16.8 Å². The summed E-state index contributed by atoms with van der Waals surface area (Å²) >= 11 is 0. The van der Waals surface area contributed by atoms with Gasteiger partial charge < -0.3 is 4.98 Å². The van der Waals surface area contributed by atoms with Gasteiger partial charge in [0, 0.05) is 29.6 Å². The molecule has 1 fully saturated rings. The number of aromatic nitrogens is 2. The van der Waals surface area contributed by atoms with Crippen molar-refractivity contribution in [2.45, 2.75) is 18.9 Å². The molecule has 7 nitrogen and oxygen atoms in total. The van der Waals surface area contributed by atoms with Crippen LogP contribution >= 0.6 is 0 Å². The molecule has 7 heteroatoms. The van der Waals surface area contributed by atoms with E-state index in [1.807, 2.05) is 0 Å². The van der Waals surface area contributed by atoms with Crippen LogP contribution in [-0.4, -0.2) is 21.4 Å². The minimum atomic E-state index is -0.738. The van der Waals surface area contributed by atoms with Gasteiger partial charge in [0.05, 0.1) is 10.9 Å². The first kappa shape index (κ1) is 12.8. The topological polar surface area (TPSA) is 101 Å². The van der Waals surface area contributed by atoms with Crippen LogP contribution in [-0.2, 0) is 9.59 Å². The Bertz CT molecular complexity index is 1050. The Labute approximate surface area is 122 Å². The molecule has 1 aromatic carbocycles. The number of benzene rings is 1. The quantitative estimate of drug-likeness (QED) is 0.629. The maximum Gasteiger partial charge on any atom is 0.261 e. The van der Waals surface area contributed by atoms with Crippen molar-refractivity contribution in [1.82, 2.24) is 14.9 Å². The molecule has 1 unspecified atom stereocenters. The summed E-state index contributed by atoms with van der Waals surface area (Å²) in [5, 5.41) is 3.60. The summed E-state index contributed by atoms with van der Waals surface area (Å²) < 4.78 is 1.38. The molecule has 1 atom stereocenters. The molecule has 2 aromatic heterocycles. The summed E-state index contributed by atoms with van der Waals surface area (Å²) in [6.45, 7) is 0. The summed E-state index contributed by atoms with van der Waals surface area (Å²) in [4.78, 5) is 50.8. The Hall–Kier alpha value is -2.96. The van der Waals surface area contributed by atoms with Crippen LogP contribution in [0.3, 0.4) is 0 Å². The number of amides is 2. The molecule has 0 bridgehead atoms. The van der Waals surface area contributed by atoms with Gasteiger partial charge in [-0.15, -0.1) is 0 Å². The highest BCUT2D eigenvalue weighted by Crippen LogP contribution is 2.27. The number of carbonyl (C=O) groups is 2. The van der Waals surface area contributed by atoms with E-state index in [1.54, 1.807) is 12.3 Å². The fraction of sp³-hybridized carbons (Fsp3) is 0.200. The van der Waals surface area contributed by atoms with Gasteiger partial charge in [-0.1, -0.05) is 0 Å². The SMILES string of the molecule is O=C1CCC(n2c(=O)c3c[nH]cc4c(=O)ccc2c43)C(=O)N1. The molecule has 2 N–H and O–H groups in total. The van der Waals surface area contributed by atoms with E-state index >= 15 is 0 Å². The number of pyridine rings is 1. The molecule has 1 saturated heterocycles. The molecular weight excluding hydrogens is 286 g/mol. The second-order valence-corrected chi connectivity index (χ2v) is 5.38. The van der Waals surface area contributed by atoms with Gasteiger partial charge in [-0.3, -0.25) is 29.1 Å². The maximum absolute atomic E-state index is 12.7. The summed E-state index contributed by atoms with van der Waals surface area (Å²) in [5.74, 6) is -0.820. The Kier molecular flexibility index (Phi) is 2.47. The number of H-pyrrole nitrogens is 1. The minimum Gasteiger partial charge on any atom is -0.366 e. The van der Waals surface area contributed by atoms with Crippen molar-refractivity contribution in [3.63, 3.8) is 0 Å². The fourth-order valence-corrected chi connectivity index (χ4v) is 3.14. The summed E-state index contributed by atoms with van der Waals surface area (Å²) in [7, 11) is 0. The first-order valence-electron chi connectivity index (χ1n) is 6.89. The zero-order chi connectivity index (χ0) is 15.4. The number of hydrogen-bond acceptors (Lipinski definition) is 4. The lowest BCUT2D eigenvalue weighted by atomic mass is 10.1. The van der Waals surface area contributed by atoms with Gasteiger partial charge in [0.25, 0.3) is 5.56 Å². The predicted octanol–water partition coefficient (Wildman–Crippen LogP) is 0.259. The highest BCUT2D eigenvalue weighted by atomic mass is 16.2. The van der Waals surface area contributed by atoms with Gasteiger partial charge in [0.1, 0.15) is 6.04 Å². The summed E-state index contributed by atoms with van der Waals surface area (Å²) in [6, 6.07) is 2.20. The van der Waals surface area contributed by atoms with Crippen LogP contribution in [0.2, 0.25) is 0 Å². The predicted molar refractivity (Wildman–Crippen MR) is 78.9 cm³/mol. The minimum absolute atomic E-state index is 0.185. The Morgan fingerprint density at radius 2 is 1.82 bits per heavy atom. The molecule has 0 radical (unpaired) electrons. The largest absolute Gasteiger partial charge is 0.366 e. The zero-order valence-corrected chi connectivity index (χ0v) is 11.4. The second kappa shape index (κ2) is 4.27. The van der Waals surface area contributed by atoms with E-state index in [2.05, 4.69) is 10.3 Å². The molecular formula is C15H11N3O4. The third-order valence-electron chi connectivity index (χ3n) is 4.14. The van der Waals surface area contributed by atoms with Crippen LogP contribution in [0.5, 0.6) is 0 Å². The van der Waals surface area contributed by atoms with Crippen LogP contribution in [0.25, 0.3) is 21.7 Å². The van der Waals surface area contributed by atoms with E-state index in [0.717, 1.165) is 0 Å².